The quantitative estimate of drug-likeness (QED) is 0.650. The number of benzene rings is 1. The monoisotopic (exact) mass is 350 g/mol. The van der Waals surface area contributed by atoms with Gasteiger partial charge in [0, 0.05) is 30.5 Å². The first-order valence-electron chi connectivity index (χ1n) is 8.82. The largest absolute Gasteiger partial charge is 0.347 e. The van der Waals surface area contributed by atoms with Crippen molar-refractivity contribution in [3.63, 3.8) is 0 Å². The highest BCUT2D eigenvalue weighted by Gasteiger charge is 2.30. The first-order valence-corrected chi connectivity index (χ1v) is 8.82. The zero-order valence-corrected chi connectivity index (χ0v) is 14.6. The highest BCUT2D eigenvalue weighted by molar-refractivity contribution is 5.82. The Balaban J connectivity index is 1.35. The zero-order valence-electron chi connectivity index (χ0n) is 14.6. The Kier molecular flexibility index (Phi) is 4.64. The van der Waals surface area contributed by atoms with Crippen molar-refractivity contribution in [2.24, 2.45) is 0 Å². The molecule has 0 bridgehead atoms. The van der Waals surface area contributed by atoms with Crippen molar-refractivity contribution >= 4 is 16.8 Å². The Morgan fingerprint density at radius 1 is 1.31 bits per heavy atom. The van der Waals surface area contributed by atoms with E-state index in [2.05, 4.69) is 55.1 Å². The third kappa shape index (κ3) is 3.44. The van der Waals surface area contributed by atoms with E-state index < -0.39 is 0 Å². The summed E-state index contributed by atoms with van der Waals surface area (Å²) in [6.07, 6.45) is 5.99. The third-order valence-corrected chi connectivity index (χ3v) is 4.80. The lowest BCUT2D eigenvalue weighted by Crippen LogP contribution is -2.44. The van der Waals surface area contributed by atoms with Gasteiger partial charge in [0.25, 0.3) is 0 Å². The highest BCUT2D eigenvalue weighted by Crippen LogP contribution is 2.17. The van der Waals surface area contributed by atoms with Crippen molar-refractivity contribution in [3.05, 3.63) is 60.8 Å². The maximum absolute atomic E-state index is 12.5. The second-order valence-electron chi connectivity index (χ2n) is 6.67. The van der Waals surface area contributed by atoms with Gasteiger partial charge in [-0.3, -0.25) is 10.2 Å². The predicted molar refractivity (Wildman–Crippen MR) is 99.0 cm³/mol. The van der Waals surface area contributed by atoms with Crippen molar-refractivity contribution < 1.29 is 4.79 Å². The SMILES string of the molecule is CC(NC(=O)C1CC(Cn2ccc3ccccc32)NN1)c1ccncn1. The van der Waals surface area contributed by atoms with E-state index in [4.69, 9.17) is 0 Å². The van der Waals surface area contributed by atoms with Crippen LogP contribution in [0.15, 0.2) is 55.1 Å². The van der Waals surface area contributed by atoms with Gasteiger partial charge in [0.2, 0.25) is 5.91 Å². The molecule has 7 nitrogen and oxygen atoms in total. The molecule has 1 amide bonds. The summed E-state index contributed by atoms with van der Waals surface area (Å²) in [4.78, 5) is 20.6. The summed E-state index contributed by atoms with van der Waals surface area (Å²) in [5.41, 5.74) is 8.37. The van der Waals surface area contributed by atoms with Gasteiger partial charge in [0.05, 0.1) is 11.7 Å². The van der Waals surface area contributed by atoms with Crippen molar-refractivity contribution in [2.45, 2.75) is 38.0 Å². The van der Waals surface area contributed by atoms with Gasteiger partial charge in [0.15, 0.2) is 0 Å². The van der Waals surface area contributed by atoms with Crippen LogP contribution in [0, 0.1) is 0 Å². The fourth-order valence-corrected chi connectivity index (χ4v) is 3.40. The number of aromatic nitrogens is 3. The molecule has 7 heteroatoms. The van der Waals surface area contributed by atoms with Gasteiger partial charge in [-0.25, -0.2) is 15.4 Å². The van der Waals surface area contributed by atoms with E-state index in [1.54, 1.807) is 6.20 Å². The van der Waals surface area contributed by atoms with E-state index in [9.17, 15) is 4.79 Å². The number of hydrogen-bond acceptors (Lipinski definition) is 5. The van der Waals surface area contributed by atoms with Crippen molar-refractivity contribution in [1.29, 1.82) is 0 Å². The van der Waals surface area contributed by atoms with Crippen molar-refractivity contribution in [1.82, 2.24) is 30.7 Å². The first kappa shape index (κ1) is 16.7. The van der Waals surface area contributed by atoms with Crippen LogP contribution >= 0.6 is 0 Å². The Labute approximate surface area is 151 Å². The van der Waals surface area contributed by atoms with Gasteiger partial charge in [-0.2, -0.15) is 0 Å². The molecule has 3 aromatic rings. The molecule has 26 heavy (non-hydrogen) atoms. The number of rotatable bonds is 5. The molecular formula is C19H22N6O. The summed E-state index contributed by atoms with van der Waals surface area (Å²) in [6.45, 7) is 2.73. The molecule has 134 valence electrons. The van der Waals surface area contributed by atoms with Crippen LogP contribution in [0.2, 0.25) is 0 Å². The minimum atomic E-state index is -0.258. The summed E-state index contributed by atoms with van der Waals surface area (Å²) in [5.74, 6) is -0.0246. The van der Waals surface area contributed by atoms with Gasteiger partial charge in [0.1, 0.15) is 12.4 Å². The van der Waals surface area contributed by atoms with Crippen molar-refractivity contribution in [2.75, 3.05) is 0 Å². The molecule has 1 fully saturated rings. The van der Waals surface area contributed by atoms with Crippen LogP contribution in [0.5, 0.6) is 0 Å². The van der Waals surface area contributed by atoms with E-state index in [-0.39, 0.29) is 24.0 Å². The lowest BCUT2D eigenvalue weighted by Gasteiger charge is -2.16. The molecule has 3 N–H and O–H groups in total. The van der Waals surface area contributed by atoms with E-state index in [1.807, 2.05) is 25.1 Å². The molecule has 4 rings (SSSR count). The number of nitrogens with zero attached hydrogens (tertiary/aromatic N) is 3. The smallest absolute Gasteiger partial charge is 0.239 e. The van der Waals surface area contributed by atoms with E-state index in [0.29, 0.717) is 0 Å². The average Bonchev–Trinajstić information content (AvgIpc) is 3.30. The van der Waals surface area contributed by atoms with Crippen LogP contribution in [0.4, 0.5) is 0 Å². The lowest BCUT2D eigenvalue weighted by atomic mass is 10.1. The summed E-state index contributed by atoms with van der Waals surface area (Å²) >= 11 is 0. The number of amides is 1. The summed E-state index contributed by atoms with van der Waals surface area (Å²) in [7, 11) is 0. The number of hydrazine groups is 1. The minimum absolute atomic E-state index is 0.0246. The molecule has 1 aliphatic heterocycles. The number of fused-ring (bicyclic) bond motifs is 1. The Bertz CT molecular complexity index is 893. The van der Waals surface area contributed by atoms with Crippen LogP contribution in [0.25, 0.3) is 10.9 Å². The van der Waals surface area contributed by atoms with Gasteiger partial charge >= 0.3 is 0 Å². The lowest BCUT2D eigenvalue weighted by molar-refractivity contribution is -0.123. The predicted octanol–water partition coefficient (Wildman–Crippen LogP) is 1.54. The minimum Gasteiger partial charge on any atom is -0.347 e. The molecule has 0 spiro atoms. The molecule has 0 aliphatic carbocycles. The fraction of sp³-hybridized carbons (Fsp3) is 0.316. The van der Waals surface area contributed by atoms with Crippen LogP contribution in [0.1, 0.15) is 25.1 Å². The Morgan fingerprint density at radius 2 is 2.19 bits per heavy atom. The highest BCUT2D eigenvalue weighted by atomic mass is 16.2. The summed E-state index contributed by atoms with van der Waals surface area (Å²) in [5, 5.41) is 4.24. The fourth-order valence-electron chi connectivity index (χ4n) is 3.40. The molecule has 3 atom stereocenters. The van der Waals surface area contributed by atoms with E-state index >= 15 is 0 Å². The topological polar surface area (TPSA) is 83.9 Å². The molecule has 0 saturated carbocycles. The molecule has 2 aromatic heterocycles. The standard InChI is InChI=1S/C19H22N6O/c1-13(16-6-8-20-12-21-16)22-19(26)17-10-15(23-24-17)11-25-9-7-14-4-2-3-5-18(14)25/h2-9,12-13,15,17,23-24H,10-11H2,1H3,(H,22,26). The maximum Gasteiger partial charge on any atom is 0.239 e. The molecule has 1 aromatic carbocycles. The maximum atomic E-state index is 12.5. The molecule has 3 unspecified atom stereocenters. The number of carbonyl (C=O) groups excluding carboxylic acids is 1. The normalized spacial score (nSPS) is 21.0. The van der Waals surface area contributed by atoms with Crippen LogP contribution in [-0.4, -0.2) is 32.5 Å². The summed E-state index contributed by atoms with van der Waals surface area (Å²) in [6, 6.07) is 12.0. The number of para-hydroxylation sites is 1. The third-order valence-electron chi connectivity index (χ3n) is 4.80. The van der Waals surface area contributed by atoms with Gasteiger partial charge in [-0.15, -0.1) is 0 Å². The zero-order chi connectivity index (χ0) is 17.9. The molecule has 1 aliphatic rings. The van der Waals surface area contributed by atoms with Crippen LogP contribution in [0.3, 0.4) is 0 Å². The molecule has 0 radical (unpaired) electrons. The first-order chi connectivity index (χ1) is 12.7. The molecule has 1 saturated heterocycles. The number of nitrogens with one attached hydrogen (secondary N) is 3. The Hall–Kier alpha value is -2.77. The molecular weight excluding hydrogens is 328 g/mol. The number of carbonyl (C=O) groups is 1. The van der Waals surface area contributed by atoms with E-state index in [0.717, 1.165) is 18.7 Å². The molecule has 3 heterocycles. The van der Waals surface area contributed by atoms with Crippen molar-refractivity contribution in [3.8, 4) is 0 Å². The Morgan fingerprint density at radius 3 is 3.04 bits per heavy atom. The van der Waals surface area contributed by atoms with Crippen LogP contribution in [-0.2, 0) is 11.3 Å². The van der Waals surface area contributed by atoms with Gasteiger partial charge in [-0.1, -0.05) is 18.2 Å². The van der Waals surface area contributed by atoms with Gasteiger partial charge in [-0.05, 0) is 36.9 Å². The second kappa shape index (κ2) is 7.23. The summed E-state index contributed by atoms with van der Waals surface area (Å²) < 4.78 is 2.22. The van der Waals surface area contributed by atoms with Crippen LogP contribution < -0.4 is 16.2 Å². The second-order valence-corrected chi connectivity index (χ2v) is 6.67. The van der Waals surface area contributed by atoms with Gasteiger partial charge < -0.3 is 9.88 Å². The number of hydrogen-bond donors (Lipinski definition) is 3. The average molecular weight is 350 g/mol. The van der Waals surface area contributed by atoms with E-state index in [1.165, 1.54) is 17.2 Å².